The minimum atomic E-state index is -0.147. The average molecular weight is 350 g/mol. The Bertz CT molecular complexity index is 921. The Hall–Kier alpha value is -2.73. The summed E-state index contributed by atoms with van der Waals surface area (Å²) in [7, 11) is 0. The molecule has 0 spiro atoms. The lowest BCUT2D eigenvalue weighted by molar-refractivity contribution is -0.136. The number of carbonyl (C=O) groups is 1. The molecule has 1 saturated heterocycles. The summed E-state index contributed by atoms with van der Waals surface area (Å²) in [4.78, 5) is 23.2. The third-order valence-electron chi connectivity index (χ3n) is 4.79. The Kier molecular flexibility index (Phi) is 4.67. The summed E-state index contributed by atoms with van der Waals surface area (Å²) in [5.74, 6) is 0.883. The third-order valence-corrected chi connectivity index (χ3v) is 4.79. The van der Waals surface area contributed by atoms with Crippen LogP contribution >= 0.6 is 0 Å². The van der Waals surface area contributed by atoms with Crippen LogP contribution in [0.4, 0.5) is 0 Å². The van der Waals surface area contributed by atoms with Gasteiger partial charge in [-0.2, -0.15) is 0 Å². The number of piperidine rings is 1. The van der Waals surface area contributed by atoms with E-state index in [2.05, 4.69) is 21.4 Å². The number of furan rings is 1. The quantitative estimate of drug-likeness (QED) is 0.766. The van der Waals surface area contributed by atoms with E-state index in [9.17, 15) is 4.79 Å². The molecule has 2 aromatic heterocycles. The summed E-state index contributed by atoms with van der Waals surface area (Å²) < 4.78 is 5.37. The van der Waals surface area contributed by atoms with E-state index in [4.69, 9.17) is 4.42 Å². The number of fused-ring (bicyclic) bond motifs is 1. The average Bonchev–Trinajstić information content (AvgIpc) is 3.10. The fourth-order valence-electron chi connectivity index (χ4n) is 3.44. The van der Waals surface area contributed by atoms with Gasteiger partial charge in [-0.05, 0) is 49.6 Å². The van der Waals surface area contributed by atoms with Gasteiger partial charge in [0.05, 0.1) is 24.5 Å². The van der Waals surface area contributed by atoms with Gasteiger partial charge in [-0.1, -0.05) is 6.07 Å². The van der Waals surface area contributed by atoms with Crippen LogP contribution < -0.4 is 5.32 Å². The van der Waals surface area contributed by atoms with Crippen molar-refractivity contribution in [2.24, 2.45) is 0 Å². The topological polar surface area (TPSA) is 71.3 Å². The predicted octanol–water partition coefficient (Wildman–Crippen LogP) is 2.81. The Morgan fingerprint density at radius 3 is 3.12 bits per heavy atom. The van der Waals surface area contributed by atoms with Gasteiger partial charge in [-0.3, -0.25) is 4.79 Å². The maximum atomic E-state index is 12.8. The maximum absolute atomic E-state index is 12.8. The Labute approximate surface area is 152 Å². The fourth-order valence-corrected chi connectivity index (χ4v) is 3.44. The van der Waals surface area contributed by atoms with Crippen molar-refractivity contribution in [3.63, 3.8) is 0 Å². The Morgan fingerprint density at radius 2 is 2.23 bits per heavy atom. The number of rotatable bonds is 5. The highest BCUT2D eigenvalue weighted by Gasteiger charge is 2.28. The molecule has 0 saturated carbocycles. The largest absolute Gasteiger partial charge is 0.464 e. The number of benzene rings is 1. The first-order chi connectivity index (χ1) is 12.7. The highest BCUT2D eigenvalue weighted by atomic mass is 16.3. The van der Waals surface area contributed by atoms with Crippen LogP contribution in [0.5, 0.6) is 0 Å². The summed E-state index contributed by atoms with van der Waals surface area (Å²) in [6.45, 7) is 3.85. The zero-order chi connectivity index (χ0) is 17.9. The standard InChI is InChI=1S/C20H22N4O2/c1-14-21-8-6-17(23-14)13-24-9-2-3-18(20(24)25)22-12-15-4-5-19-16(11-15)7-10-26-19/h4-8,10-11,18,22H,2-3,9,12-13H2,1H3. The van der Waals surface area contributed by atoms with Crippen molar-refractivity contribution in [3.05, 3.63) is 59.9 Å². The molecule has 1 unspecified atom stereocenters. The van der Waals surface area contributed by atoms with Gasteiger partial charge >= 0.3 is 0 Å². The number of nitrogens with zero attached hydrogens (tertiary/aromatic N) is 3. The molecule has 1 aromatic carbocycles. The van der Waals surface area contributed by atoms with Crippen LogP contribution in [0.15, 0.2) is 47.2 Å². The van der Waals surface area contributed by atoms with Crippen LogP contribution in [0.1, 0.15) is 29.9 Å². The monoisotopic (exact) mass is 350 g/mol. The molecular formula is C20H22N4O2. The molecule has 1 N–H and O–H groups in total. The Balaban J connectivity index is 1.39. The van der Waals surface area contributed by atoms with Crippen LogP contribution in [0.2, 0.25) is 0 Å². The first kappa shape index (κ1) is 16.7. The molecule has 3 heterocycles. The molecule has 26 heavy (non-hydrogen) atoms. The number of aromatic nitrogens is 2. The molecule has 6 nitrogen and oxygen atoms in total. The molecule has 6 heteroatoms. The number of hydrogen-bond donors (Lipinski definition) is 1. The van der Waals surface area contributed by atoms with Crippen molar-refractivity contribution in [3.8, 4) is 0 Å². The molecule has 4 rings (SSSR count). The van der Waals surface area contributed by atoms with Crippen LogP contribution in [0.3, 0.4) is 0 Å². The maximum Gasteiger partial charge on any atom is 0.240 e. The van der Waals surface area contributed by atoms with Crippen molar-refractivity contribution in [1.82, 2.24) is 20.2 Å². The lowest BCUT2D eigenvalue weighted by Gasteiger charge is -2.32. The van der Waals surface area contributed by atoms with Crippen molar-refractivity contribution in [2.45, 2.75) is 38.9 Å². The first-order valence-corrected chi connectivity index (χ1v) is 8.96. The van der Waals surface area contributed by atoms with Gasteiger partial charge in [0.2, 0.25) is 5.91 Å². The van der Waals surface area contributed by atoms with E-state index >= 15 is 0 Å². The van der Waals surface area contributed by atoms with Gasteiger partial charge in [0.25, 0.3) is 0 Å². The number of nitrogens with one attached hydrogen (secondary N) is 1. The highest BCUT2D eigenvalue weighted by molar-refractivity contribution is 5.82. The number of likely N-dealkylation sites (tertiary alicyclic amines) is 1. The number of carbonyl (C=O) groups excluding carboxylic acids is 1. The molecule has 0 radical (unpaired) electrons. The van der Waals surface area contributed by atoms with Crippen molar-refractivity contribution in [1.29, 1.82) is 0 Å². The van der Waals surface area contributed by atoms with E-state index in [-0.39, 0.29) is 11.9 Å². The fraction of sp³-hybridized carbons (Fsp3) is 0.350. The van der Waals surface area contributed by atoms with Gasteiger partial charge in [-0.25, -0.2) is 9.97 Å². The number of hydrogen-bond acceptors (Lipinski definition) is 5. The second-order valence-electron chi connectivity index (χ2n) is 6.72. The zero-order valence-corrected chi connectivity index (χ0v) is 14.8. The molecule has 1 fully saturated rings. The van der Waals surface area contributed by atoms with Gasteiger partial charge in [0.1, 0.15) is 11.4 Å². The van der Waals surface area contributed by atoms with E-state index in [1.807, 2.05) is 36.1 Å². The first-order valence-electron chi connectivity index (χ1n) is 8.96. The lowest BCUT2D eigenvalue weighted by Crippen LogP contribution is -2.50. The lowest BCUT2D eigenvalue weighted by atomic mass is 10.0. The molecule has 1 atom stereocenters. The minimum absolute atomic E-state index is 0.147. The molecular weight excluding hydrogens is 328 g/mol. The molecule has 1 aliphatic rings. The molecule has 134 valence electrons. The summed E-state index contributed by atoms with van der Waals surface area (Å²) in [5.41, 5.74) is 2.92. The molecule has 1 amide bonds. The van der Waals surface area contributed by atoms with Crippen LogP contribution in [-0.2, 0) is 17.9 Å². The smallest absolute Gasteiger partial charge is 0.240 e. The van der Waals surface area contributed by atoms with Crippen molar-refractivity contribution >= 4 is 16.9 Å². The predicted molar refractivity (Wildman–Crippen MR) is 98.3 cm³/mol. The third kappa shape index (κ3) is 3.60. The molecule has 3 aromatic rings. The van der Waals surface area contributed by atoms with Gasteiger partial charge in [-0.15, -0.1) is 0 Å². The second kappa shape index (κ2) is 7.25. The van der Waals surface area contributed by atoms with Crippen molar-refractivity contribution < 1.29 is 9.21 Å². The second-order valence-corrected chi connectivity index (χ2v) is 6.72. The highest BCUT2D eigenvalue weighted by Crippen LogP contribution is 2.18. The van der Waals surface area contributed by atoms with Crippen molar-refractivity contribution in [2.75, 3.05) is 6.54 Å². The van der Waals surface area contributed by atoms with Gasteiger partial charge in [0, 0.05) is 24.7 Å². The van der Waals surface area contributed by atoms with E-state index in [0.717, 1.165) is 47.4 Å². The van der Waals surface area contributed by atoms with Crippen LogP contribution in [0.25, 0.3) is 11.0 Å². The van der Waals surface area contributed by atoms with Crippen LogP contribution in [0, 0.1) is 6.92 Å². The zero-order valence-electron chi connectivity index (χ0n) is 14.8. The van der Waals surface area contributed by atoms with Gasteiger partial charge in [0.15, 0.2) is 0 Å². The van der Waals surface area contributed by atoms with E-state index in [0.29, 0.717) is 13.1 Å². The summed E-state index contributed by atoms with van der Waals surface area (Å²) >= 11 is 0. The summed E-state index contributed by atoms with van der Waals surface area (Å²) in [5, 5.41) is 4.50. The minimum Gasteiger partial charge on any atom is -0.464 e. The summed E-state index contributed by atoms with van der Waals surface area (Å²) in [6.07, 6.45) is 5.30. The molecule has 0 bridgehead atoms. The normalized spacial score (nSPS) is 17.8. The number of amides is 1. The molecule has 1 aliphatic heterocycles. The Morgan fingerprint density at radius 1 is 1.31 bits per heavy atom. The molecule has 0 aliphatic carbocycles. The van der Waals surface area contributed by atoms with E-state index in [1.54, 1.807) is 12.5 Å². The van der Waals surface area contributed by atoms with E-state index in [1.165, 1.54) is 0 Å². The van der Waals surface area contributed by atoms with Crippen LogP contribution in [-0.4, -0.2) is 33.4 Å². The summed E-state index contributed by atoms with van der Waals surface area (Å²) in [6, 6.07) is 9.78. The van der Waals surface area contributed by atoms with E-state index < -0.39 is 0 Å². The SMILES string of the molecule is Cc1nccc(CN2CCCC(NCc3ccc4occc4c3)C2=O)n1. The van der Waals surface area contributed by atoms with Gasteiger partial charge < -0.3 is 14.6 Å². The number of aryl methyl sites for hydroxylation is 1.